The van der Waals surface area contributed by atoms with E-state index in [0.29, 0.717) is 0 Å². The van der Waals surface area contributed by atoms with Crippen LogP contribution in [0.15, 0.2) is 29.8 Å². The van der Waals surface area contributed by atoms with Gasteiger partial charge in [-0.3, -0.25) is 0 Å². The van der Waals surface area contributed by atoms with Gasteiger partial charge in [0.1, 0.15) is 0 Å². The molecule has 0 aromatic heterocycles. The van der Waals surface area contributed by atoms with Gasteiger partial charge in [-0.05, 0) is 11.0 Å². The molecule has 0 saturated heterocycles. The number of allylic oxidation sites excluding steroid dienone is 1. The van der Waals surface area contributed by atoms with E-state index in [1.807, 2.05) is 0 Å². The molecule has 1 aromatic rings. The van der Waals surface area contributed by atoms with Crippen LogP contribution >= 0.6 is 0 Å². The molecule has 3 heteroatoms. The summed E-state index contributed by atoms with van der Waals surface area (Å²) < 4.78 is 0.728. The first-order valence-electron chi connectivity index (χ1n) is 6.69. The number of nitrogens with one attached hydrogen (secondary N) is 1. The summed E-state index contributed by atoms with van der Waals surface area (Å²) >= 11 is -0.995. The van der Waals surface area contributed by atoms with Crippen LogP contribution < -0.4 is 5.32 Å². The Kier molecular flexibility index (Phi) is 5.28. The van der Waals surface area contributed by atoms with E-state index in [2.05, 4.69) is 67.7 Å². The van der Waals surface area contributed by atoms with Crippen LogP contribution in [-0.4, -0.2) is 16.5 Å². The summed E-state index contributed by atoms with van der Waals surface area (Å²) in [5, 5.41) is 8.67. The minimum atomic E-state index is -0.995. The fraction of sp³-hybridized carbons (Fsp3) is 0.500. The van der Waals surface area contributed by atoms with E-state index in [9.17, 15) is 0 Å². The second kappa shape index (κ2) is 5.99. The SMILES string of the molecule is CC1=C(NC(C)(C)C)c2ccccc2[CH]1[Ti]([CH3])[CH3].[SiH4]. The van der Waals surface area contributed by atoms with Gasteiger partial charge in [0.25, 0.3) is 0 Å². The Morgan fingerprint density at radius 3 is 2.21 bits per heavy atom. The predicted octanol–water partition coefficient (Wildman–Crippen LogP) is 3.12. The van der Waals surface area contributed by atoms with E-state index >= 15 is 0 Å². The molecule has 0 heterocycles. The molecule has 1 aromatic carbocycles. The summed E-state index contributed by atoms with van der Waals surface area (Å²) in [4.78, 5) is 0. The Hall–Kier alpha value is -0.309. The Labute approximate surface area is 128 Å². The summed E-state index contributed by atoms with van der Waals surface area (Å²) in [7, 11) is 0. The van der Waals surface area contributed by atoms with E-state index < -0.39 is 17.9 Å². The van der Waals surface area contributed by atoms with Crippen molar-refractivity contribution >= 4 is 16.7 Å². The Balaban J connectivity index is 0.00000180. The fourth-order valence-electron chi connectivity index (χ4n) is 2.85. The van der Waals surface area contributed by atoms with Gasteiger partial charge in [0.15, 0.2) is 0 Å². The quantitative estimate of drug-likeness (QED) is 0.828. The molecule has 105 valence electrons. The van der Waals surface area contributed by atoms with Crippen molar-refractivity contribution < 1.29 is 17.9 Å². The average molecular weight is 310 g/mol. The number of hydrogen-bond acceptors (Lipinski definition) is 1. The van der Waals surface area contributed by atoms with Crippen LogP contribution in [0.2, 0.25) is 10.5 Å². The normalized spacial score (nSPS) is 17.9. The molecular weight excluding hydrogens is 282 g/mol. The molecule has 0 bridgehead atoms. The van der Waals surface area contributed by atoms with E-state index in [1.54, 1.807) is 11.1 Å². The molecule has 0 radical (unpaired) electrons. The van der Waals surface area contributed by atoms with Crippen LogP contribution in [0.1, 0.15) is 43.0 Å². The summed E-state index contributed by atoms with van der Waals surface area (Å²) in [5.74, 6) is 0. The third-order valence-electron chi connectivity index (χ3n) is 3.45. The monoisotopic (exact) mass is 310 g/mol. The Bertz CT molecular complexity index is 486. The third-order valence-corrected chi connectivity index (χ3v) is 6.41. The average Bonchev–Trinajstić information content (AvgIpc) is 2.50. The Morgan fingerprint density at radius 2 is 1.68 bits per heavy atom. The molecule has 19 heavy (non-hydrogen) atoms. The molecule has 0 aliphatic heterocycles. The van der Waals surface area contributed by atoms with Gasteiger partial charge < -0.3 is 0 Å². The van der Waals surface area contributed by atoms with Crippen LogP contribution in [0.4, 0.5) is 0 Å². The third kappa shape index (κ3) is 3.42. The molecule has 0 spiro atoms. The maximum absolute atomic E-state index is 3.72. The molecule has 0 amide bonds. The van der Waals surface area contributed by atoms with Crippen LogP contribution in [0.25, 0.3) is 5.70 Å². The first-order valence-corrected chi connectivity index (χ1v) is 10.7. The van der Waals surface area contributed by atoms with Crippen LogP contribution in [0, 0.1) is 0 Å². The molecular formula is C16H28NSiTi. The van der Waals surface area contributed by atoms with Crippen molar-refractivity contribution in [2.75, 3.05) is 0 Å². The van der Waals surface area contributed by atoms with Crippen LogP contribution in [0.3, 0.4) is 0 Å². The zero-order valence-electron chi connectivity index (χ0n) is 12.4. The molecule has 1 aliphatic rings. The van der Waals surface area contributed by atoms with Gasteiger partial charge in [0.2, 0.25) is 0 Å². The van der Waals surface area contributed by atoms with Gasteiger partial charge in [-0.1, -0.05) is 0 Å². The second-order valence-electron chi connectivity index (χ2n) is 6.53. The molecule has 1 N–H and O–H groups in total. The maximum Gasteiger partial charge on any atom is -0.0149 e. The van der Waals surface area contributed by atoms with Crippen LogP contribution in [-0.2, 0) is 17.9 Å². The number of benzene rings is 1. The summed E-state index contributed by atoms with van der Waals surface area (Å²) in [6.45, 7) is 9.02. The fourth-order valence-corrected chi connectivity index (χ4v) is 5.79. The molecule has 1 unspecified atom stereocenters. The zero-order chi connectivity index (χ0) is 13.5. The number of hydrogen-bond donors (Lipinski definition) is 1. The molecule has 1 nitrogen and oxygen atoms in total. The smallest absolute Gasteiger partial charge is 0.0149 e. The topological polar surface area (TPSA) is 12.0 Å². The van der Waals surface area contributed by atoms with Crippen molar-refractivity contribution in [2.45, 2.75) is 47.9 Å². The minimum Gasteiger partial charge on any atom is -0.0149 e. The first-order chi connectivity index (χ1) is 8.31. The van der Waals surface area contributed by atoms with Gasteiger partial charge in [0.05, 0.1) is 0 Å². The summed E-state index contributed by atoms with van der Waals surface area (Å²) in [6, 6.07) is 8.93. The van der Waals surface area contributed by atoms with Gasteiger partial charge >= 0.3 is 118 Å². The predicted molar refractivity (Wildman–Crippen MR) is 87.7 cm³/mol. The summed E-state index contributed by atoms with van der Waals surface area (Å²) in [6.07, 6.45) is 0. The second-order valence-corrected chi connectivity index (χ2v) is 10.8. The number of rotatable bonds is 2. The van der Waals surface area contributed by atoms with E-state index in [-0.39, 0.29) is 16.5 Å². The van der Waals surface area contributed by atoms with Gasteiger partial charge in [0, 0.05) is 0 Å². The van der Waals surface area contributed by atoms with Crippen LogP contribution in [0.5, 0.6) is 0 Å². The summed E-state index contributed by atoms with van der Waals surface area (Å²) in [5.41, 5.74) is 6.06. The minimum absolute atomic E-state index is 0. The van der Waals surface area contributed by atoms with Crippen molar-refractivity contribution in [3.8, 4) is 0 Å². The van der Waals surface area contributed by atoms with Crippen molar-refractivity contribution in [3.63, 3.8) is 0 Å². The molecule has 2 rings (SSSR count). The molecule has 1 atom stereocenters. The van der Waals surface area contributed by atoms with Crippen molar-refractivity contribution in [1.29, 1.82) is 0 Å². The van der Waals surface area contributed by atoms with Gasteiger partial charge in [-0.25, -0.2) is 0 Å². The van der Waals surface area contributed by atoms with Crippen molar-refractivity contribution in [2.24, 2.45) is 0 Å². The van der Waals surface area contributed by atoms with E-state index in [0.717, 1.165) is 4.22 Å². The maximum atomic E-state index is 3.72. The molecule has 1 aliphatic carbocycles. The standard InChI is InChI=1S/C14H18N.2CH3.H4Si.Ti/c1-10-9-11-7-5-6-8-12(11)13(10)15-14(2,3)4;;;;/h5-9,15H,1-4H3;2*1H3;1H4;. The van der Waals surface area contributed by atoms with E-state index in [1.165, 1.54) is 11.3 Å². The molecule has 0 saturated carbocycles. The van der Waals surface area contributed by atoms with Crippen molar-refractivity contribution in [1.82, 2.24) is 5.32 Å². The van der Waals surface area contributed by atoms with E-state index in [4.69, 9.17) is 0 Å². The first kappa shape index (κ1) is 16.7. The Morgan fingerprint density at radius 1 is 1.11 bits per heavy atom. The van der Waals surface area contributed by atoms with Gasteiger partial charge in [-0.2, -0.15) is 0 Å². The van der Waals surface area contributed by atoms with Crippen molar-refractivity contribution in [3.05, 3.63) is 41.0 Å². The largest absolute Gasteiger partial charge is 0.0149 e. The zero-order valence-corrected chi connectivity index (χ0v) is 13.9. The molecule has 0 fully saturated rings. The van der Waals surface area contributed by atoms with Gasteiger partial charge in [-0.15, -0.1) is 0 Å². The number of fused-ring (bicyclic) bond motifs is 1.